The van der Waals surface area contributed by atoms with Gasteiger partial charge in [0.1, 0.15) is 6.34 Å². The van der Waals surface area contributed by atoms with Gasteiger partial charge in [0.25, 0.3) is 5.91 Å². The van der Waals surface area contributed by atoms with Crippen LogP contribution in [0, 0.1) is 0 Å². The average Bonchev–Trinajstić information content (AvgIpc) is 2.15. The van der Waals surface area contributed by atoms with Crippen molar-refractivity contribution in [2.75, 3.05) is 7.05 Å². The van der Waals surface area contributed by atoms with Crippen molar-refractivity contribution in [2.24, 2.45) is 4.99 Å². The van der Waals surface area contributed by atoms with Gasteiger partial charge in [0.2, 0.25) is 0 Å². The SMILES string of the molecule is CN(Cl)C=NC(=O)c1ccc(Br)cc1. The minimum atomic E-state index is -0.315. The largest absolute Gasteiger partial charge is 0.278 e. The van der Waals surface area contributed by atoms with Crippen molar-refractivity contribution in [1.82, 2.24) is 4.42 Å². The first-order chi connectivity index (χ1) is 6.59. The highest BCUT2D eigenvalue weighted by atomic mass is 79.9. The third-order valence-corrected chi connectivity index (χ3v) is 2.04. The molecular weight excluding hydrogens is 267 g/mol. The molecule has 0 heterocycles. The van der Waals surface area contributed by atoms with Crippen molar-refractivity contribution in [1.29, 1.82) is 0 Å². The summed E-state index contributed by atoms with van der Waals surface area (Å²) in [7, 11) is 1.58. The van der Waals surface area contributed by atoms with Crippen LogP contribution in [0.1, 0.15) is 10.4 Å². The Labute approximate surface area is 95.6 Å². The third-order valence-electron chi connectivity index (χ3n) is 1.43. The van der Waals surface area contributed by atoms with Crippen LogP contribution in [-0.2, 0) is 0 Å². The zero-order valence-corrected chi connectivity index (χ0v) is 9.79. The van der Waals surface area contributed by atoms with Gasteiger partial charge in [-0.1, -0.05) is 15.9 Å². The van der Waals surface area contributed by atoms with E-state index in [1.54, 1.807) is 31.3 Å². The number of hydrogen-bond acceptors (Lipinski definition) is 1. The Kier molecular flexibility index (Phi) is 4.10. The summed E-state index contributed by atoms with van der Waals surface area (Å²) in [6, 6.07) is 6.95. The average molecular weight is 276 g/mol. The van der Waals surface area contributed by atoms with E-state index in [4.69, 9.17) is 11.8 Å². The maximum absolute atomic E-state index is 11.4. The Bertz CT molecular complexity index is 348. The first kappa shape index (κ1) is 11.2. The molecule has 1 amide bonds. The highest BCUT2D eigenvalue weighted by Crippen LogP contribution is 2.11. The van der Waals surface area contributed by atoms with Crippen LogP contribution in [0.2, 0.25) is 0 Å². The van der Waals surface area contributed by atoms with Gasteiger partial charge in [0.15, 0.2) is 0 Å². The molecule has 0 saturated heterocycles. The Morgan fingerprint density at radius 2 is 2.07 bits per heavy atom. The predicted octanol–water partition coefficient (Wildman–Crippen LogP) is 2.70. The second-order valence-corrected chi connectivity index (χ2v) is 4.03. The molecule has 0 aliphatic heterocycles. The third kappa shape index (κ3) is 3.47. The molecular formula is C9H8BrClN2O. The van der Waals surface area contributed by atoms with E-state index in [1.807, 2.05) is 0 Å². The highest BCUT2D eigenvalue weighted by molar-refractivity contribution is 9.10. The molecule has 74 valence electrons. The zero-order valence-electron chi connectivity index (χ0n) is 7.45. The fourth-order valence-electron chi connectivity index (χ4n) is 0.799. The summed E-state index contributed by atoms with van der Waals surface area (Å²) in [6.07, 6.45) is 1.26. The molecule has 14 heavy (non-hydrogen) atoms. The van der Waals surface area contributed by atoms with Gasteiger partial charge in [0, 0.05) is 28.9 Å². The number of nitrogens with zero attached hydrogens (tertiary/aromatic N) is 2. The predicted molar refractivity (Wildman–Crippen MR) is 60.6 cm³/mol. The molecule has 0 aliphatic carbocycles. The fourth-order valence-corrected chi connectivity index (χ4v) is 1.11. The van der Waals surface area contributed by atoms with Crippen LogP contribution in [0.15, 0.2) is 33.7 Å². The molecule has 1 aromatic rings. The van der Waals surface area contributed by atoms with Crippen LogP contribution in [0.4, 0.5) is 0 Å². The number of hydrogen-bond donors (Lipinski definition) is 0. The summed E-state index contributed by atoms with van der Waals surface area (Å²) >= 11 is 8.74. The molecule has 0 N–H and O–H groups in total. The minimum absolute atomic E-state index is 0.315. The van der Waals surface area contributed by atoms with Gasteiger partial charge in [0.05, 0.1) is 0 Å². The number of carbonyl (C=O) groups excluding carboxylic acids is 1. The van der Waals surface area contributed by atoms with Crippen LogP contribution in [0.25, 0.3) is 0 Å². The summed E-state index contributed by atoms with van der Waals surface area (Å²) in [5.74, 6) is -0.315. The van der Waals surface area contributed by atoms with Crippen LogP contribution in [-0.4, -0.2) is 23.7 Å². The van der Waals surface area contributed by atoms with E-state index in [2.05, 4.69) is 20.9 Å². The van der Waals surface area contributed by atoms with Crippen molar-refractivity contribution < 1.29 is 4.79 Å². The Morgan fingerprint density at radius 3 is 2.57 bits per heavy atom. The van der Waals surface area contributed by atoms with Crippen LogP contribution < -0.4 is 0 Å². The number of aliphatic imine (C=N–C) groups is 1. The smallest absolute Gasteiger partial charge is 0.278 e. The number of carbonyl (C=O) groups is 1. The second-order valence-electron chi connectivity index (χ2n) is 2.58. The van der Waals surface area contributed by atoms with E-state index in [0.717, 1.165) is 4.47 Å². The molecule has 0 atom stereocenters. The number of rotatable bonds is 2. The van der Waals surface area contributed by atoms with Crippen molar-refractivity contribution in [3.63, 3.8) is 0 Å². The second kappa shape index (κ2) is 5.12. The normalized spacial score (nSPS) is 10.5. The summed E-state index contributed by atoms with van der Waals surface area (Å²) in [5, 5.41) is 0. The molecule has 1 aromatic carbocycles. The van der Waals surface area contributed by atoms with E-state index >= 15 is 0 Å². The van der Waals surface area contributed by atoms with E-state index in [1.165, 1.54) is 10.8 Å². The molecule has 3 nitrogen and oxygen atoms in total. The zero-order chi connectivity index (χ0) is 10.6. The van der Waals surface area contributed by atoms with Crippen molar-refractivity contribution in [3.05, 3.63) is 34.3 Å². The van der Waals surface area contributed by atoms with Crippen LogP contribution in [0.5, 0.6) is 0 Å². The number of amides is 1. The first-order valence-corrected chi connectivity index (χ1v) is 4.95. The summed E-state index contributed by atoms with van der Waals surface area (Å²) < 4.78 is 2.11. The lowest BCUT2D eigenvalue weighted by atomic mass is 10.2. The molecule has 0 radical (unpaired) electrons. The summed E-state index contributed by atoms with van der Waals surface area (Å²) in [5.41, 5.74) is 0.531. The lowest BCUT2D eigenvalue weighted by Gasteiger charge is -1.98. The van der Waals surface area contributed by atoms with E-state index in [-0.39, 0.29) is 5.91 Å². The van der Waals surface area contributed by atoms with Gasteiger partial charge in [-0.15, -0.1) is 0 Å². The minimum Gasteiger partial charge on any atom is -0.278 e. The topological polar surface area (TPSA) is 32.7 Å². The Morgan fingerprint density at radius 1 is 1.50 bits per heavy atom. The molecule has 0 aromatic heterocycles. The van der Waals surface area contributed by atoms with E-state index in [9.17, 15) is 4.79 Å². The van der Waals surface area contributed by atoms with E-state index < -0.39 is 0 Å². The lowest BCUT2D eigenvalue weighted by Crippen LogP contribution is -2.03. The monoisotopic (exact) mass is 274 g/mol. The molecule has 5 heteroatoms. The van der Waals surface area contributed by atoms with Gasteiger partial charge in [-0.05, 0) is 24.3 Å². The highest BCUT2D eigenvalue weighted by Gasteiger charge is 2.01. The standard InChI is InChI=1S/C9H8BrClN2O/c1-13(11)6-12-9(14)7-2-4-8(10)5-3-7/h2-6H,1H3. The number of halogens is 2. The van der Waals surface area contributed by atoms with Crippen molar-refractivity contribution in [2.45, 2.75) is 0 Å². The van der Waals surface area contributed by atoms with Gasteiger partial charge in [-0.3, -0.25) is 9.21 Å². The van der Waals surface area contributed by atoms with Crippen molar-refractivity contribution >= 4 is 40.0 Å². The Hall–Kier alpha value is -0.870. The van der Waals surface area contributed by atoms with E-state index in [0.29, 0.717) is 5.56 Å². The van der Waals surface area contributed by atoms with Gasteiger partial charge in [-0.25, -0.2) is 0 Å². The van der Waals surface area contributed by atoms with Gasteiger partial charge >= 0.3 is 0 Å². The molecule has 0 unspecified atom stereocenters. The lowest BCUT2D eigenvalue weighted by molar-refractivity contribution is 0.100. The van der Waals surface area contributed by atoms with Crippen LogP contribution in [0.3, 0.4) is 0 Å². The summed E-state index contributed by atoms with van der Waals surface area (Å²) in [6.45, 7) is 0. The van der Waals surface area contributed by atoms with Gasteiger partial charge in [-0.2, -0.15) is 4.99 Å². The van der Waals surface area contributed by atoms with Crippen molar-refractivity contribution in [3.8, 4) is 0 Å². The maximum Gasteiger partial charge on any atom is 0.278 e. The van der Waals surface area contributed by atoms with Crippen LogP contribution >= 0.6 is 27.7 Å². The Balaban J connectivity index is 2.75. The quantitative estimate of drug-likeness (QED) is 0.472. The molecule has 0 aliphatic rings. The molecule has 1 rings (SSSR count). The summed E-state index contributed by atoms with van der Waals surface area (Å²) in [4.78, 5) is 15.0. The van der Waals surface area contributed by atoms with Gasteiger partial charge < -0.3 is 0 Å². The first-order valence-electron chi connectivity index (χ1n) is 3.82. The maximum atomic E-state index is 11.4. The molecule has 0 spiro atoms. The fraction of sp³-hybridized carbons (Fsp3) is 0.111. The molecule has 0 fully saturated rings. The number of benzene rings is 1. The molecule has 0 bridgehead atoms. The molecule has 0 saturated carbocycles.